The fourth-order valence-electron chi connectivity index (χ4n) is 1.96. The van der Waals surface area contributed by atoms with Gasteiger partial charge in [-0.3, -0.25) is 0 Å². The predicted molar refractivity (Wildman–Crippen MR) is 79.4 cm³/mol. The number of nitrogens with one attached hydrogen (secondary N) is 1. The van der Waals surface area contributed by atoms with Crippen LogP contribution in [0.4, 0.5) is 0 Å². The molecule has 0 radical (unpaired) electrons. The summed E-state index contributed by atoms with van der Waals surface area (Å²) in [7, 11) is 0. The largest absolute Gasteiger partial charge is 0.387 e. The van der Waals surface area contributed by atoms with Crippen LogP contribution in [0.1, 0.15) is 40.1 Å². The maximum absolute atomic E-state index is 10.2. The van der Waals surface area contributed by atoms with Gasteiger partial charge in [-0.25, -0.2) is 4.98 Å². The van der Waals surface area contributed by atoms with E-state index < -0.39 is 6.10 Å². The molecule has 19 heavy (non-hydrogen) atoms. The molecule has 0 aliphatic carbocycles. The van der Waals surface area contributed by atoms with Gasteiger partial charge in [0.15, 0.2) is 0 Å². The fraction of sp³-hybridized carbons (Fsp3) is 0.400. The second-order valence-electron chi connectivity index (χ2n) is 4.84. The van der Waals surface area contributed by atoms with Crippen LogP contribution in [0.2, 0.25) is 0 Å². The molecule has 0 saturated heterocycles. The molecule has 2 rings (SSSR count). The predicted octanol–water partition coefficient (Wildman–Crippen LogP) is 3.14. The number of aromatic nitrogens is 1. The summed E-state index contributed by atoms with van der Waals surface area (Å²) in [5, 5.41) is 14.6. The second-order valence-corrected chi connectivity index (χ2v) is 6.11. The molecule has 2 aromatic rings. The molecule has 0 amide bonds. The Bertz CT molecular complexity index is 538. The molecule has 0 aliphatic rings. The molecule has 0 bridgehead atoms. The molecule has 0 aliphatic heterocycles. The quantitative estimate of drug-likeness (QED) is 0.882. The Labute approximate surface area is 118 Å². The Kier molecular flexibility index (Phi) is 4.69. The van der Waals surface area contributed by atoms with Crippen LogP contribution in [-0.2, 0) is 0 Å². The minimum atomic E-state index is -0.476. The first-order valence-corrected chi connectivity index (χ1v) is 7.28. The zero-order chi connectivity index (χ0) is 13.8. The smallest absolute Gasteiger partial charge is 0.0914 e. The van der Waals surface area contributed by atoms with Crippen LogP contribution >= 0.6 is 11.3 Å². The number of aliphatic hydroxyl groups is 1. The van der Waals surface area contributed by atoms with E-state index in [-0.39, 0.29) is 6.04 Å². The second kappa shape index (κ2) is 6.28. The van der Waals surface area contributed by atoms with Gasteiger partial charge in [0.25, 0.3) is 0 Å². The van der Waals surface area contributed by atoms with Gasteiger partial charge in [-0.05, 0) is 26.3 Å². The lowest BCUT2D eigenvalue weighted by Crippen LogP contribution is -2.24. The highest BCUT2D eigenvalue weighted by atomic mass is 32.1. The molecular weight excluding hydrogens is 256 g/mol. The van der Waals surface area contributed by atoms with Gasteiger partial charge in [0.05, 0.1) is 11.1 Å². The number of hydrogen-bond acceptors (Lipinski definition) is 4. The lowest BCUT2D eigenvalue weighted by molar-refractivity contribution is 0.171. The van der Waals surface area contributed by atoms with Gasteiger partial charge < -0.3 is 10.4 Å². The highest BCUT2D eigenvalue weighted by Crippen LogP contribution is 2.21. The standard InChI is InChI=1S/C15H20N2OS/c1-10-5-4-6-13(7-10)14(18)8-16-11(2)15-9-17-12(3)19-15/h4-7,9,11,14,16,18H,8H2,1-3H3. The number of nitrogens with zero attached hydrogens (tertiary/aromatic N) is 1. The van der Waals surface area contributed by atoms with E-state index in [1.165, 1.54) is 10.4 Å². The Morgan fingerprint density at radius 3 is 2.79 bits per heavy atom. The lowest BCUT2D eigenvalue weighted by Gasteiger charge is -2.16. The minimum Gasteiger partial charge on any atom is -0.387 e. The monoisotopic (exact) mass is 276 g/mol. The molecule has 2 unspecified atom stereocenters. The van der Waals surface area contributed by atoms with Crippen LogP contribution in [0.5, 0.6) is 0 Å². The summed E-state index contributed by atoms with van der Waals surface area (Å²) < 4.78 is 0. The molecule has 1 aromatic heterocycles. The van der Waals surface area contributed by atoms with Crippen molar-refractivity contribution < 1.29 is 5.11 Å². The molecule has 1 heterocycles. The third kappa shape index (κ3) is 3.86. The highest BCUT2D eigenvalue weighted by Gasteiger charge is 2.12. The van der Waals surface area contributed by atoms with Crippen molar-refractivity contribution in [1.82, 2.24) is 10.3 Å². The summed E-state index contributed by atoms with van der Waals surface area (Å²) in [4.78, 5) is 5.45. The summed E-state index contributed by atoms with van der Waals surface area (Å²) in [6.07, 6.45) is 1.42. The van der Waals surface area contributed by atoms with Crippen LogP contribution in [-0.4, -0.2) is 16.6 Å². The van der Waals surface area contributed by atoms with E-state index in [1.807, 2.05) is 44.3 Å². The van der Waals surface area contributed by atoms with Crippen molar-refractivity contribution in [2.75, 3.05) is 6.54 Å². The maximum Gasteiger partial charge on any atom is 0.0914 e. The van der Waals surface area contributed by atoms with Gasteiger partial charge in [0, 0.05) is 23.7 Å². The molecule has 1 aromatic carbocycles. The molecule has 2 atom stereocenters. The number of rotatable bonds is 5. The third-order valence-corrected chi connectivity index (χ3v) is 4.21. The zero-order valence-corrected chi connectivity index (χ0v) is 12.4. The van der Waals surface area contributed by atoms with Gasteiger partial charge in [0.1, 0.15) is 0 Å². The number of benzene rings is 1. The Balaban J connectivity index is 1.91. The van der Waals surface area contributed by atoms with E-state index in [4.69, 9.17) is 0 Å². The number of thiazole rings is 1. The summed E-state index contributed by atoms with van der Waals surface area (Å²) in [5.41, 5.74) is 2.13. The molecule has 3 nitrogen and oxygen atoms in total. The van der Waals surface area contributed by atoms with Crippen molar-refractivity contribution in [3.63, 3.8) is 0 Å². The number of aryl methyl sites for hydroxylation is 2. The van der Waals surface area contributed by atoms with E-state index in [2.05, 4.69) is 17.2 Å². The van der Waals surface area contributed by atoms with E-state index in [1.54, 1.807) is 11.3 Å². The Morgan fingerprint density at radius 1 is 1.37 bits per heavy atom. The molecule has 4 heteroatoms. The Hall–Kier alpha value is -1.23. The number of aliphatic hydroxyl groups excluding tert-OH is 1. The first-order chi connectivity index (χ1) is 9.06. The summed E-state index contributed by atoms with van der Waals surface area (Å²) in [5.74, 6) is 0. The van der Waals surface area contributed by atoms with Gasteiger partial charge in [-0.15, -0.1) is 11.3 Å². The molecule has 0 fully saturated rings. The summed E-state index contributed by atoms with van der Waals surface area (Å²) in [6.45, 7) is 6.67. The first-order valence-electron chi connectivity index (χ1n) is 6.46. The Morgan fingerprint density at radius 2 is 2.16 bits per heavy atom. The van der Waals surface area contributed by atoms with Crippen LogP contribution in [0, 0.1) is 13.8 Å². The van der Waals surface area contributed by atoms with Gasteiger partial charge in [0.2, 0.25) is 0 Å². The molecule has 2 N–H and O–H groups in total. The SMILES string of the molecule is Cc1cccc(C(O)CNC(C)c2cnc(C)s2)c1. The van der Waals surface area contributed by atoms with Gasteiger partial charge in [-0.1, -0.05) is 29.8 Å². The fourth-order valence-corrected chi connectivity index (χ4v) is 2.77. The molecular formula is C15H20N2OS. The lowest BCUT2D eigenvalue weighted by atomic mass is 10.1. The zero-order valence-electron chi connectivity index (χ0n) is 11.6. The van der Waals surface area contributed by atoms with Crippen molar-refractivity contribution in [3.05, 3.63) is 51.5 Å². The average molecular weight is 276 g/mol. The average Bonchev–Trinajstić information content (AvgIpc) is 2.82. The third-order valence-electron chi connectivity index (χ3n) is 3.11. The van der Waals surface area contributed by atoms with E-state index in [0.717, 1.165) is 10.6 Å². The topological polar surface area (TPSA) is 45.1 Å². The van der Waals surface area contributed by atoms with Crippen molar-refractivity contribution in [2.24, 2.45) is 0 Å². The van der Waals surface area contributed by atoms with Crippen molar-refractivity contribution in [2.45, 2.75) is 32.9 Å². The summed E-state index contributed by atoms with van der Waals surface area (Å²) >= 11 is 1.69. The number of hydrogen-bond donors (Lipinski definition) is 2. The van der Waals surface area contributed by atoms with E-state index in [0.29, 0.717) is 6.54 Å². The van der Waals surface area contributed by atoms with E-state index >= 15 is 0 Å². The van der Waals surface area contributed by atoms with Crippen LogP contribution < -0.4 is 5.32 Å². The summed E-state index contributed by atoms with van der Waals surface area (Å²) in [6, 6.07) is 8.20. The van der Waals surface area contributed by atoms with Crippen molar-refractivity contribution in [3.8, 4) is 0 Å². The molecule has 102 valence electrons. The van der Waals surface area contributed by atoms with Crippen LogP contribution in [0.25, 0.3) is 0 Å². The van der Waals surface area contributed by atoms with Crippen LogP contribution in [0.15, 0.2) is 30.5 Å². The molecule has 0 spiro atoms. The molecule has 0 saturated carbocycles. The van der Waals surface area contributed by atoms with Crippen molar-refractivity contribution in [1.29, 1.82) is 0 Å². The van der Waals surface area contributed by atoms with Gasteiger partial charge >= 0.3 is 0 Å². The highest BCUT2D eigenvalue weighted by molar-refractivity contribution is 7.11. The first kappa shape index (κ1) is 14.2. The van der Waals surface area contributed by atoms with Crippen molar-refractivity contribution >= 4 is 11.3 Å². The van der Waals surface area contributed by atoms with Gasteiger partial charge in [-0.2, -0.15) is 0 Å². The minimum absolute atomic E-state index is 0.214. The van der Waals surface area contributed by atoms with E-state index in [9.17, 15) is 5.11 Å². The normalized spacial score (nSPS) is 14.3. The van der Waals surface area contributed by atoms with Crippen LogP contribution in [0.3, 0.4) is 0 Å². The maximum atomic E-state index is 10.2.